The lowest BCUT2D eigenvalue weighted by Gasteiger charge is -2.35. The fourth-order valence-corrected chi connectivity index (χ4v) is 3.13. The van der Waals surface area contributed by atoms with E-state index in [9.17, 15) is 14.7 Å². The summed E-state index contributed by atoms with van der Waals surface area (Å²) in [5.41, 5.74) is 2.36. The van der Waals surface area contributed by atoms with Crippen LogP contribution in [0.5, 0.6) is 5.75 Å². The van der Waals surface area contributed by atoms with E-state index in [0.717, 1.165) is 0 Å². The molecule has 1 N–H and O–H groups in total. The predicted molar refractivity (Wildman–Crippen MR) is 100 cm³/mol. The van der Waals surface area contributed by atoms with Crippen LogP contribution < -0.4 is 0 Å². The third kappa shape index (κ3) is 3.87. The Morgan fingerprint density at radius 1 is 0.846 bits per heavy atom. The van der Waals surface area contributed by atoms with Gasteiger partial charge in [0, 0.05) is 37.3 Å². The topological polar surface area (TPSA) is 60.9 Å². The van der Waals surface area contributed by atoms with Crippen LogP contribution in [0.4, 0.5) is 0 Å². The van der Waals surface area contributed by atoms with Crippen molar-refractivity contribution in [1.29, 1.82) is 0 Å². The van der Waals surface area contributed by atoms with E-state index in [4.69, 9.17) is 0 Å². The molecule has 1 fully saturated rings. The van der Waals surface area contributed by atoms with Gasteiger partial charge in [0.1, 0.15) is 5.75 Å². The average Bonchev–Trinajstić information content (AvgIpc) is 2.67. The molecule has 0 saturated carbocycles. The molecule has 0 aliphatic carbocycles. The van der Waals surface area contributed by atoms with Gasteiger partial charge in [-0.25, -0.2) is 0 Å². The molecule has 1 saturated heterocycles. The van der Waals surface area contributed by atoms with E-state index in [1.54, 1.807) is 21.9 Å². The highest BCUT2D eigenvalue weighted by molar-refractivity contribution is 5.96. The highest BCUT2D eigenvalue weighted by Gasteiger charge is 2.25. The first kappa shape index (κ1) is 18.0. The molecule has 5 heteroatoms. The summed E-state index contributed by atoms with van der Waals surface area (Å²) in [6.45, 7) is 6.25. The SMILES string of the molecule is CC(C)c1ccc(C(=O)N2CCN(C(=O)c3cccc(O)c3)CC2)cc1. The van der Waals surface area contributed by atoms with Crippen LogP contribution in [0.15, 0.2) is 48.5 Å². The molecule has 2 amide bonds. The van der Waals surface area contributed by atoms with Gasteiger partial charge < -0.3 is 14.9 Å². The fraction of sp³-hybridized carbons (Fsp3) is 0.333. The van der Waals surface area contributed by atoms with Crippen molar-refractivity contribution in [1.82, 2.24) is 9.80 Å². The zero-order chi connectivity index (χ0) is 18.7. The van der Waals surface area contributed by atoms with Crippen LogP contribution in [0.25, 0.3) is 0 Å². The molecule has 0 bridgehead atoms. The first-order valence-corrected chi connectivity index (χ1v) is 8.93. The number of aromatic hydroxyl groups is 1. The highest BCUT2D eigenvalue weighted by Crippen LogP contribution is 2.18. The summed E-state index contributed by atoms with van der Waals surface area (Å²) in [6.07, 6.45) is 0. The van der Waals surface area contributed by atoms with Gasteiger partial charge in [0.2, 0.25) is 0 Å². The second-order valence-corrected chi connectivity index (χ2v) is 6.91. The smallest absolute Gasteiger partial charge is 0.254 e. The van der Waals surface area contributed by atoms with Crippen LogP contribution in [0.2, 0.25) is 0 Å². The Morgan fingerprint density at radius 3 is 1.88 bits per heavy atom. The van der Waals surface area contributed by atoms with Crippen molar-refractivity contribution in [3.63, 3.8) is 0 Å². The molecule has 2 aromatic carbocycles. The summed E-state index contributed by atoms with van der Waals surface area (Å²) in [5, 5.41) is 9.53. The first-order chi connectivity index (χ1) is 12.5. The van der Waals surface area contributed by atoms with Crippen LogP contribution in [-0.4, -0.2) is 52.9 Å². The summed E-state index contributed by atoms with van der Waals surface area (Å²) in [5.74, 6) is 0.402. The Kier molecular flexibility index (Phi) is 5.26. The van der Waals surface area contributed by atoms with Gasteiger partial charge in [0.15, 0.2) is 0 Å². The molecule has 136 valence electrons. The van der Waals surface area contributed by atoms with Gasteiger partial charge in [-0.2, -0.15) is 0 Å². The molecule has 3 rings (SSSR count). The van der Waals surface area contributed by atoms with E-state index in [0.29, 0.717) is 43.2 Å². The molecule has 26 heavy (non-hydrogen) atoms. The van der Waals surface area contributed by atoms with Gasteiger partial charge in [-0.05, 0) is 41.8 Å². The molecule has 5 nitrogen and oxygen atoms in total. The molecule has 0 aromatic heterocycles. The van der Waals surface area contributed by atoms with Gasteiger partial charge in [0.05, 0.1) is 0 Å². The Hall–Kier alpha value is -2.82. The van der Waals surface area contributed by atoms with E-state index < -0.39 is 0 Å². The van der Waals surface area contributed by atoms with Crippen molar-refractivity contribution in [2.24, 2.45) is 0 Å². The third-order valence-electron chi connectivity index (χ3n) is 4.77. The summed E-state index contributed by atoms with van der Waals surface area (Å²) in [6, 6.07) is 14.1. The predicted octanol–water partition coefficient (Wildman–Crippen LogP) is 3.11. The highest BCUT2D eigenvalue weighted by atomic mass is 16.3. The van der Waals surface area contributed by atoms with Crippen molar-refractivity contribution >= 4 is 11.8 Å². The van der Waals surface area contributed by atoms with Crippen LogP contribution in [-0.2, 0) is 0 Å². The number of carbonyl (C=O) groups is 2. The summed E-state index contributed by atoms with van der Waals surface area (Å²) < 4.78 is 0. The zero-order valence-electron chi connectivity index (χ0n) is 15.2. The Morgan fingerprint density at radius 2 is 1.38 bits per heavy atom. The molecule has 0 unspecified atom stereocenters. The number of benzene rings is 2. The Labute approximate surface area is 153 Å². The lowest BCUT2D eigenvalue weighted by atomic mass is 10.0. The number of amides is 2. The minimum atomic E-state index is -0.116. The molecule has 1 aliphatic heterocycles. The van der Waals surface area contributed by atoms with E-state index in [1.807, 2.05) is 24.3 Å². The van der Waals surface area contributed by atoms with Gasteiger partial charge in [0.25, 0.3) is 11.8 Å². The molecule has 1 aliphatic rings. The minimum absolute atomic E-state index is 0.00441. The molecule has 0 radical (unpaired) electrons. The molecule has 1 heterocycles. The maximum absolute atomic E-state index is 12.7. The number of nitrogens with zero attached hydrogens (tertiary/aromatic N) is 2. The number of hydrogen-bond donors (Lipinski definition) is 1. The second-order valence-electron chi connectivity index (χ2n) is 6.91. The fourth-order valence-electron chi connectivity index (χ4n) is 3.13. The monoisotopic (exact) mass is 352 g/mol. The van der Waals surface area contributed by atoms with Crippen molar-refractivity contribution in [3.05, 3.63) is 65.2 Å². The van der Waals surface area contributed by atoms with Crippen molar-refractivity contribution in [3.8, 4) is 5.75 Å². The second kappa shape index (κ2) is 7.60. The maximum Gasteiger partial charge on any atom is 0.254 e. The van der Waals surface area contributed by atoms with Crippen LogP contribution in [0, 0.1) is 0 Å². The number of hydrogen-bond acceptors (Lipinski definition) is 3. The van der Waals surface area contributed by atoms with E-state index in [2.05, 4.69) is 13.8 Å². The normalized spacial score (nSPS) is 14.6. The Bertz CT molecular complexity index is 791. The average molecular weight is 352 g/mol. The number of piperazine rings is 1. The third-order valence-corrected chi connectivity index (χ3v) is 4.77. The first-order valence-electron chi connectivity index (χ1n) is 8.93. The molecule has 0 spiro atoms. The number of carbonyl (C=O) groups excluding carboxylic acids is 2. The van der Waals surface area contributed by atoms with E-state index in [1.165, 1.54) is 17.7 Å². The van der Waals surface area contributed by atoms with Gasteiger partial charge in [-0.15, -0.1) is 0 Å². The minimum Gasteiger partial charge on any atom is -0.508 e. The van der Waals surface area contributed by atoms with Crippen LogP contribution >= 0.6 is 0 Å². The number of rotatable bonds is 3. The quantitative estimate of drug-likeness (QED) is 0.923. The molecule has 2 aromatic rings. The van der Waals surface area contributed by atoms with Gasteiger partial charge in [-0.1, -0.05) is 32.0 Å². The van der Waals surface area contributed by atoms with Crippen molar-refractivity contribution in [2.45, 2.75) is 19.8 Å². The van der Waals surface area contributed by atoms with Gasteiger partial charge >= 0.3 is 0 Å². The standard InChI is InChI=1S/C21H24N2O3/c1-15(2)16-6-8-17(9-7-16)20(25)22-10-12-23(13-11-22)21(26)18-4-3-5-19(24)14-18/h3-9,14-15,24H,10-13H2,1-2H3. The van der Waals surface area contributed by atoms with E-state index >= 15 is 0 Å². The lowest BCUT2D eigenvalue weighted by molar-refractivity contribution is 0.0535. The van der Waals surface area contributed by atoms with Crippen molar-refractivity contribution in [2.75, 3.05) is 26.2 Å². The van der Waals surface area contributed by atoms with Crippen molar-refractivity contribution < 1.29 is 14.7 Å². The van der Waals surface area contributed by atoms with Crippen LogP contribution in [0.3, 0.4) is 0 Å². The van der Waals surface area contributed by atoms with Crippen LogP contribution in [0.1, 0.15) is 46.0 Å². The molecule has 0 atom stereocenters. The lowest BCUT2D eigenvalue weighted by Crippen LogP contribution is -2.50. The Balaban J connectivity index is 1.61. The summed E-state index contributed by atoms with van der Waals surface area (Å²) in [4.78, 5) is 28.7. The molecular formula is C21H24N2O3. The largest absolute Gasteiger partial charge is 0.508 e. The zero-order valence-corrected chi connectivity index (χ0v) is 15.2. The summed E-state index contributed by atoms with van der Waals surface area (Å²) >= 11 is 0. The van der Waals surface area contributed by atoms with Gasteiger partial charge in [-0.3, -0.25) is 9.59 Å². The van der Waals surface area contributed by atoms with E-state index in [-0.39, 0.29) is 17.6 Å². The molecular weight excluding hydrogens is 328 g/mol. The number of phenols is 1. The summed E-state index contributed by atoms with van der Waals surface area (Å²) in [7, 11) is 0. The number of phenolic OH excluding ortho intramolecular Hbond substituents is 1. The maximum atomic E-state index is 12.7.